The minimum Gasteiger partial charge on any atom is -0.356 e. The molecule has 1 fully saturated rings. The van der Waals surface area contributed by atoms with Crippen molar-refractivity contribution >= 4 is 17.4 Å². The Kier molecular flexibility index (Phi) is 4.86. The lowest BCUT2D eigenvalue weighted by atomic mass is 10.0. The predicted octanol–water partition coefficient (Wildman–Crippen LogP) is 3.09. The molecule has 2 rings (SSSR count). The third-order valence-corrected chi connectivity index (χ3v) is 4.46. The first kappa shape index (κ1) is 15.5. The Bertz CT molecular complexity index is 465. The number of rotatable bonds is 3. The number of piperidine rings is 1. The van der Waals surface area contributed by atoms with Crippen LogP contribution in [-0.2, 0) is 0 Å². The summed E-state index contributed by atoms with van der Waals surface area (Å²) in [6, 6.07) is 0.674. The van der Waals surface area contributed by atoms with E-state index in [-0.39, 0.29) is 0 Å². The van der Waals surface area contributed by atoms with E-state index in [1.807, 2.05) is 6.92 Å². The molecular formula is C15H25ClN4. The fourth-order valence-corrected chi connectivity index (χ4v) is 2.83. The molecule has 4 nitrogen and oxygen atoms in total. The third-order valence-electron chi connectivity index (χ3n) is 4.09. The van der Waals surface area contributed by atoms with Gasteiger partial charge in [-0.3, -0.25) is 0 Å². The van der Waals surface area contributed by atoms with Crippen LogP contribution in [0.25, 0.3) is 0 Å². The summed E-state index contributed by atoms with van der Waals surface area (Å²) in [7, 11) is 4.31. The van der Waals surface area contributed by atoms with Crippen LogP contribution in [-0.4, -0.2) is 48.1 Å². The second-order valence-electron chi connectivity index (χ2n) is 6.16. The van der Waals surface area contributed by atoms with Gasteiger partial charge in [-0.15, -0.1) is 0 Å². The van der Waals surface area contributed by atoms with Crippen LogP contribution >= 0.6 is 11.6 Å². The van der Waals surface area contributed by atoms with Crippen molar-refractivity contribution in [2.75, 3.05) is 32.1 Å². The summed E-state index contributed by atoms with van der Waals surface area (Å²) in [6.07, 6.45) is 2.34. The lowest BCUT2D eigenvalue weighted by Crippen LogP contribution is -2.42. The van der Waals surface area contributed by atoms with Crippen molar-refractivity contribution in [1.82, 2.24) is 14.9 Å². The van der Waals surface area contributed by atoms with Crippen molar-refractivity contribution in [1.29, 1.82) is 0 Å². The van der Waals surface area contributed by atoms with Gasteiger partial charge in [0.15, 0.2) is 0 Å². The molecule has 0 N–H and O–H groups in total. The second-order valence-corrected chi connectivity index (χ2v) is 6.52. The maximum atomic E-state index is 6.28. The Morgan fingerprint density at radius 3 is 2.30 bits per heavy atom. The van der Waals surface area contributed by atoms with Gasteiger partial charge in [-0.2, -0.15) is 0 Å². The molecule has 0 unspecified atom stereocenters. The van der Waals surface area contributed by atoms with E-state index in [0.29, 0.717) is 17.1 Å². The third kappa shape index (κ3) is 3.23. The predicted molar refractivity (Wildman–Crippen MR) is 84.8 cm³/mol. The number of hydrogen-bond donors (Lipinski definition) is 0. The molecule has 0 aliphatic carbocycles. The standard InChI is InChI=1S/C15H25ClN4/c1-10(2)14-17-13(16)11(3)15(18-14)20-8-6-12(7-9-20)19(4)5/h10,12H,6-9H2,1-5H3. The number of aromatic nitrogens is 2. The van der Waals surface area contributed by atoms with Gasteiger partial charge in [-0.1, -0.05) is 25.4 Å². The average molecular weight is 297 g/mol. The molecule has 0 amide bonds. The number of anilines is 1. The summed E-state index contributed by atoms with van der Waals surface area (Å²) < 4.78 is 0. The topological polar surface area (TPSA) is 32.3 Å². The Labute approximate surface area is 127 Å². The molecule has 1 aromatic rings. The SMILES string of the molecule is Cc1c(Cl)nc(C(C)C)nc1N1CCC(N(C)C)CC1. The van der Waals surface area contributed by atoms with Crippen LogP contribution in [0.15, 0.2) is 0 Å². The molecule has 1 saturated heterocycles. The Morgan fingerprint density at radius 2 is 1.80 bits per heavy atom. The highest BCUT2D eigenvalue weighted by Crippen LogP contribution is 2.28. The van der Waals surface area contributed by atoms with E-state index < -0.39 is 0 Å². The van der Waals surface area contributed by atoms with Gasteiger partial charge in [0.05, 0.1) is 0 Å². The van der Waals surface area contributed by atoms with Gasteiger partial charge in [-0.05, 0) is 33.9 Å². The molecule has 0 spiro atoms. The number of hydrogen-bond acceptors (Lipinski definition) is 4. The van der Waals surface area contributed by atoms with Crippen LogP contribution in [0.2, 0.25) is 5.15 Å². The normalized spacial score (nSPS) is 17.3. The summed E-state index contributed by atoms with van der Waals surface area (Å²) in [4.78, 5) is 13.8. The van der Waals surface area contributed by atoms with Crippen molar-refractivity contribution in [3.05, 3.63) is 16.5 Å². The summed E-state index contributed by atoms with van der Waals surface area (Å²) in [5.41, 5.74) is 0.999. The van der Waals surface area contributed by atoms with Crippen molar-refractivity contribution in [3.63, 3.8) is 0 Å². The van der Waals surface area contributed by atoms with E-state index in [1.54, 1.807) is 0 Å². The zero-order valence-corrected chi connectivity index (χ0v) is 13.9. The molecule has 5 heteroatoms. The fourth-order valence-electron chi connectivity index (χ4n) is 2.65. The number of nitrogens with zero attached hydrogens (tertiary/aromatic N) is 4. The Morgan fingerprint density at radius 1 is 1.20 bits per heavy atom. The van der Waals surface area contributed by atoms with Gasteiger partial charge >= 0.3 is 0 Å². The maximum absolute atomic E-state index is 6.28. The van der Waals surface area contributed by atoms with Crippen LogP contribution in [0.1, 0.15) is 44.0 Å². The Balaban J connectivity index is 2.21. The molecule has 0 atom stereocenters. The summed E-state index contributed by atoms with van der Waals surface area (Å²) >= 11 is 6.28. The van der Waals surface area contributed by atoms with Gasteiger partial charge in [0.1, 0.15) is 16.8 Å². The molecular weight excluding hydrogens is 272 g/mol. The summed E-state index contributed by atoms with van der Waals surface area (Å²) in [5.74, 6) is 2.16. The molecule has 0 aromatic carbocycles. The van der Waals surface area contributed by atoms with Gasteiger partial charge in [0.25, 0.3) is 0 Å². The summed E-state index contributed by atoms with van der Waals surface area (Å²) in [5, 5.41) is 0.591. The Hall–Kier alpha value is -0.870. The lowest BCUT2D eigenvalue weighted by Gasteiger charge is -2.36. The van der Waals surface area contributed by atoms with E-state index in [1.165, 1.54) is 12.8 Å². The first-order valence-electron chi connectivity index (χ1n) is 7.35. The lowest BCUT2D eigenvalue weighted by molar-refractivity contribution is 0.249. The van der Waals surface area contributed by atoms with E-state index in [9.17, 15) is 0 Å². The fraction of sp³-hybridized carbons (Fsp3) is 0.733. The van der Waals surface area contributed by atoms with Crippen molar-refractivity contribution < 1.29 is 0 Å². The van der Waals surface area contributed by atoms with Crippen LogP contribution in [0.3, 0.4) is 0 Å². The van der Waals surface area contributed by atoms with Crippen molar-refractivity contribution in [2.45, 2.75) is 45.6 Å². The quantitative estimate of drug-likeness (QED) is 0.802. The van der Waals surface area contributed by atoms with Crippen LogP contribution in [0, 0.1) is 6.92 Å². The zero-order valence-electron chi connectivity index (χ0n) is 13.1. The minimum absolute atomic E-state index is 0.297. The molecule has 1 aromatic heterocycles. The molecule has 1 aliphatic rings. The van der Waals surface area contributed by atoms with Gasteiger partial charge < -0.3 is 9.80 Å². The van der Waals surface area contributed by atoms with Gasteiger partial charge in [0, 0.05) is 30.6 Å². The first-order chi connectivity index (χ1) is 9.40. The summed E-state index contributed by atoms with van der Waals surface area (Å²) in [6.45, 7) is 8.29. The monoisotopic (exact) mass is 296 g/mol. The molecule has 1 aliphatic heterocycles. The first-order valence-corrected chi connectivity index (χ1v) is 7.73. The minimum atomic E-state index is 0.297. The highest BCUT2D eigenvalue weighted by molar-refractivity contribution is 6.30. The van der Waals surface area contributed by atoms with Crippen LogP contribution in [0.4, 0.5) is 5.82 Å². The average Bonchev–Trinajstić information content (AvgIpc) is 2.41. The van der Waals surface area contributed by atoms with Crippen LogP contribution in [0.5, 0.6) is 0 Å². The zero-order chi connectivity index (χ0) is 14.9. The van der Waals surface area contributed by atoms with Crippen molar-refractivity contribution in [2.24, 2.45) is 0 Å². The molecule has 112 valence electrons. The van der Waals surface area contributed by atoms with E-state index in [2.05, 4.69) is 42.7 Å². The van der Waals surface area contributed by atoms with E-state index in [4.69, 9.17) is 16.6 Å². The second kappa shape index (κ2) is 6.27. The molecule has 2 heterocycles. The van der Waals surface area contributed by atoms with Crippen LogP contribution < -0.4 is 4.90 Å². The van der Waals surface area contributed by atoms with Gasteiger partial charge in [0.2, 0.25) is 0 Å². The van der Waals surface area contributed by atoms with E-state index in [0.717, 1.165) is 30.3 Å². The van der Waals surface area contributed by atoms with E-state index >= 15 is 0 Å². The molecule has 0 saturated carbocycles. The highest BCUT2D eigenvalue weighted by atomic mass is 35.5. The van der Waals surface area contributed by atoms with Gasteiger partial charge in [-0.25, -0.2) is 9.97 Å². The molecule has 0 bridgehead atoms. The van der Waals surface area contributed by atoms with Crippen molar-refractivity contribution in [3.8, 4) is 0 Å². The maximum Gasteiger partial charge on any atom is 0.137 e. The number of halogens is 1. The largest absolute Gasteiger partial charge is 0.356 e. The molecule has 20 heavy (non-hydrogen) atoms. The molecule has 0 radical (unpaired) electrons. The highest BCUT2D eigenvalue weighted by Gasteiger charge is 2.24. The smallest absolute Gasteiger partial charge is 0.137 e.